The van der Waals surface area contributed by atoms with E-state index in [0.717, 1.165) is 11.3 Å². The SMILES string of the molecule is CCOc1ccc(NC(=O)c2nn(-c3ccc(C)cc3)ccc2=O)cc1. The van der Waals surface area contributed by atoms with E-state index in [0.29, 0.717) is 18.0 Å². The van der Waals surface area contributed by atoms with Gasteiger partial charge in [-0.15, -0.1) is 0 Å². The summed E-state index contributed by atoms with van der Waals surface area (Å²) in [6, 6.07) is 15.9. The molecular weight excluding hydrogens is 330 g/mol. The molecule has 1 N–H and O–H groups in total. The van der Waals surface area contributed by atoms with Gasteiger partial charge in [0.25, 0.3) is 5.91 Å². The van der Waals surface area contributed by atoms with Gasteiger partial charge in [0.15, 0.2) is 5.69 Å². The van der Waals surface area contributed by atoms with Gasteiger partial charge in [-0.2, -0.15) is 5.10 Å². The lowest BCUT2D eigenvalue weighted by Crippen LogP contribution is -2.25. The molecule has 26 heavy (non-hydrogen) atoms. The molecule has 6 nitrogen and oxygen atoms in total. The van der Waals surface area contributed by atoms with Crippen molar-refractivity contribution in [2.45, 2.75) is 13.8 Å². The Balaban J connectivity index is 1.83. The van der Waals surface area contributed by atoms with Crippen molar-refractivity contribution in [3.8, 4) is 11.4 Å². The molecule has 1 amide bonds. The Labute approximate surface area is 151 Å². The number of hydrogen-bond acceptors (Lipinski definition) is 4. The molecule has 0 aliphatic rings. The summed E-state index contributed by atoms with van der Waals surface area (Å²) in [5, 5.41) is 6.87. The molecule has 0 aliphatic carbocycles. The standard InChI is InChI=1S/C20H19N3O3/c1-3-26-17-10-6-15(7-11-17)21-20(25)19-18(24)12-13-23(22-19)16-8-4-14(2)5-9-16/h4-13H,3H2,1-2H3,(H,21,25). The molecule has 3 rings (SSSR count). The average Bonchev–Trinajstić information content (AvgIpc) is 2.64. The van der Waals surface area contributed by atoms with E-state index in [1.807, 2.05) is 38.1 Å². The third kappa shape index (κ3) is 3.97. The third-order valence-corrected chi connectivity index (χ3v) is 3.75. The molecule has 0 spiro atoms. The Hall–Kier alpha value is -3.41. The van der Waals surface area contributed by atoms with E-state index in [9.17, 15) is 9.59 Å². The first-order chi connectivity index (χ1) is 12.6. The van der Waals surface area contributed by atoms with Crippen molar-refractivity contribution < 1.29 is 9.53 Å². The van der Waals surface area contributed by atoms with Crippen molar-refractivity contribution in [3.05, 3.63) is 82.3 Å². The number of carbonyl (C=O) groups is 1. The third-order valence-electron chi connectivity index (χ3n) is 3.75. The first-order valence-corrected chi connectivity index (χ1v) is 8.28. The van der Waals surface area contributed by atoms with Crippen molar-refractivity contribution in [1.29, 1.82) is 0 Å². The zero-order chi connectivity index (χ0) is 18.5. The van der Waals surface area contributed by atoms with Crippen LogP contribution >= 0.6 is 0 Å². The minimum absolute atomic E-state index is 0.165. The number of aromatic nitrogens is 2. The molecule has 2 aromatic carbocycles. The second-order valence-electron chi connectivity index (χ2n) is 5.72. The molecule has 0 fully saturated rings. The number of carbonyl (C=O) groups excluding carboxylic acids is 1. The van der Waals surface area contributed by atoms with E-state index < -0.39 is 11.3 Å². The van der Waals surface area contributed by atoms with E-state index in [1.54, 1.807) is 30.5 Å². The van der Waals surface area contributed by atoms with Crippen molar-refractivity contribution in [2.75, 3.05) is 11.9 Å². The fourth-order valence-corrected chi connectivity index (χ4v) is 2.40. The lowest BCUT2D eigenvalue weighted by atomic mass is 10.2. The molecule has 0 radical (unpaired) electrons. The maximum atomic E-state index is 12.5. The number of benzene rings is 2. The zero-order valence-corrected chi connectivity index (χ0v) is 14.6. The average molecular weight is 349 g/mol. The van der Waals surface area contributed by atoms with Crippen LogP contribution in [0.5, 0.6) is 5.75 Å². The first-order valence-electron chi connectivity index (χ1n) is 8.28. The minimum atomic E-state index is -0.555. The molecule has 1 aromatic heterocycles. The number of nitrogens with one attached hydrogen (secondary N) is 1. The predicted octanol–water partition coefficient (Wildman–Crippen LogP) is 3.19. The second kappa shape index (κ2) is 7.65. The van der Waals surface area contributed by atoms with Crippen LogP contribution in [-0.2, 0) is 0 Å². The van der Waals surface area contributed by atoms with Gasteiger partial charge in [0.05, 0.1) is 12.3 Å². The van der Waals surface area contributed by atoms with E-state index in [1.165, 1.54) is 10.7 Å². The lowest BCUT2D eigenvalue weighted by molar-refractivity contribution is 0.101. The van der Waals surface area contributed by atoms with Gasteiger partial charge in [0.2, 0.25) is 5.43 Å². The van der Waals surface area contributed by atoms with Crippen LogP contribution in [0.4, 0.5) is 5.69 Å². The molecule has 0 saturated heterocycles. The Bertz CT molecular complexity index is 961. The topological polar surface area (TPSA) is 73.2 Å². The predicted molar refractivity (Wildman–Crippen MR) is 100 cm³/mol. The number of hydrogen-bond donors (Lipinski definition) is 1. The fourth-order valence-electron chi connectivity index (χ4n) is 2.40. The molecule has 3 aromatic rings. The van der Waals surface area contributed by atoms with Crippen LogP contribution in [-0.4, -0.2) is 22.3 Å². The maximum Gasteiger partial charge on any atom is 0.280 e. The van der Waals surface area contributed by atoms with Crippen LogP contribution in [0, 0.1) is 6.92 Å². The van der Waals surface area contributed by atoms with Crippen LogP contribution in [0.25, 0.3) is 5.69 Å². The van der Waals surface area contributed by atoms with Gasteiger partial charge < -0.3 is 10.1 Å². The van der Waals surface area contributed by atoms with Crippen molar-refractivity contribution in [1.82, 2.24) is 9.78 Å². The molecule has 0 aliphatic heterocycles. The molecule has 0 atom stereocenters. The van der Waals surface area contributed by atoms with Gasteiger partial charge in [-0.25, -0.2) is 4.68 Å². The molecular formula is C20H19N3O3. The maximum absolute atomic E-state index is 12.5. The monoisotopic (exact) mass is 349 g/mol. The zero-order valence-electron chi connectivity index (χ0n) is 14.6. The van der Waals surface area contributed by atoms with Crippen molar-refractivity contribution in [2.24, 2.45) is 0 Å². The largest absolute Gasteiger partial charge is 0.494 e. The van der Waals surface area contributed by atoms with E-state index in [2.05, 4.69) is 10.4 Å². The van der Waals surface area contributed by atoms with Crippen LogP contribution in [0.2, 0.25) is 0 Å². The number of rotatable bonds is 5. The van der Waals surface area contributed by atoms with Crippen LogP contribution < -0.4 is 15.5 Å². The molecule has 0 unspecified atom stereocenters. The quantitative estimate of drug-likeness (QED) is 0.768. The highest BCUT2D eigenvalue weighted by molar-refractivity contribution is 6.02. The van der Waals surface area contributed by atoms with Gasteiger partial charge >= 0.3 is 0 Å². The highest BCUT2D eigenvalue weighted by Gasteiger charge is 2.14. The molecule has 0 saturated carbocycles. The summed E-state index contributed by atoms with van der Waals surface area (Å²) in [5.74, 6) is 0.158. The Morgan fingerprint density at radius 2 is 1.77 bits per heavy atom. The summed E-state index contributed by atoms with van der Waals surface area (Å²) in [6.45, 7) is 4.45. The molecule has 1 heterocycles. The Kier molecular flexibility index (Phi) is 5.12. The first kappa shape index (κ1) is 17.4. The van der Waals surface area contributed by atoms with Gasteiger partial charge in [0.1, 0.15) is 5.75 Å². The normalized spacial score (nSPS) is 10.4. The van der Waals surface area contributed by atoms with E-state index >= 15 is 0 Å². The number of ether oxygens (including phenoxy) is 1. The van der Waals surface area contributed by atoms with Crippen LogP contribution in [0.15, 0.2) is 65.6 Å². The van der Waals surface area contributed by atoms with Gasteiger partial charge in [-0.3, -0.25) is 9.59 Å². The smallest absolute Gasteiger partial charge is 0.280 e. The summed E-state index contributed by atoms with van der Waals surface area (Å²) in [6.07, 6.45) is 1.54. The lowest BCUT2D eigenvalue weighted by Gasteiger charge is -2.09. The number of amides is 1. The second-order valence-corrected chi connectivity index (χ2v) is 5.72. The summed E-state index contributed by atoms with van der Waals surface area (Å²) >= 11 is 0. The Morgan fingerprint density at radius 1 is 1.08 bits per heavy atom. The summed E-state index contributed by atoms with van der Waals surface area (Å²) in [7, 11) is 0. The number of nitrogens with zero attached hydrogens (tertiary/aromatic N) is 2. The number of aryl methyl sites for hydroxylation is 1. The van der Waals surface area contributed by atoms with Gasteiger partial charge in [0, 0.05) is 18.0 Å². The van der Waals surface area contributed by atoms with Gasteiger partial charge in [-0.05, 0) is 50.2 Å². The number of anilines is 1. The molecule has 6 heteroatoms. The highest BCUT2D eigenvalue weighted by Crippen LogP contribution is 2.16. The van der Waals surface area contributed by atoms with Crippen molar-refractivity contribution in [3.63, 3.8) is 0 Å². The summed E-state index contributed by atoms with van der Waals surface area (Å²) < 4.78 is 6.87. The van der Waals surface area contributed by atoms with Crippen molar-refractivity contribution >= 4 is 11.6 Å². The fraction of sp³-hybridized carbons (Fsp3) is 0.150. The van der Waals surface area contributed by atoms with Gasteiger partial charge in [-0.1, -0.05) is 17.7 Å². The molecule has 0 bridgehead atoms. The summed E-state index contributed by atoms with van der Waals surface area (Å²) in [4.78, 5) is 24.5. The minimum Gasteiger partial charge on any atom is -0.494 e. The summed E-state index contributed by atoms with van der Waals surface area (Å²) in [5.41, 5.74) is 1.85. The van der Waals surface area contributed by atoms with Crippen LogP contribution in [0.1, 0.15) is 23.0 Å². The Morgan fingerprint density at radius 3 is 2.42 bits per heavy atom. The highest BCUT2D eigenvalue weighted by atomic mass is 16.5. The van der Waals surface area contributed by atoms with Crippen LogP contribution in [0.3, 0.4) is 0 Å². The van der Waals surface area contributed by atoms with E-state index in [-0.39, 0.29) is 5.69 Å². The molecule has 132 valence electrons. The van der Waals surface area contributed by atoms with E-state index in [4.69, 9.17) is 4.74 Å².